The second-order valence-electron chi connectivity index (χ2n) is 6.29. The van der Waals surface area contributed by atoms with Crippen molar-refractivity contribution in [3.05, 3.63) is 76.5 Å². The van der Waals surface area contributed by atoms with Crippen LogP contribution in [0.25, 0.3) is 5.69 Å². The predicted octanol–water partition coefficient (Wildman–Crippen LogP) is 3.85. The Bertz CT molecular complexity index is 916. The average Bonchev–Trinajstić information content (AvgIpc) is 3.00. The number of carbonyl (C=O) groups excluding carboxylic acids is 1. The quantitative estimate of drug-likeness (QED) is 0.654. The van der Waals surface area contributed by atoms with E-state index in [1.54, 1.807) is 15.8 Å². The summed E-state index contributed by atoms with van der Waals surface area (Å²) in [7, 11) is 0. The molecule has 3 aromatic rings. The minimum atomic E-state index is -0.00114. The molecule has 1 aliphatic heterocycles. The van der Waals surface area contributed by atoms with Crippen molar-refractivity contribution >= 4 is 21.8 Å². The predicted molar refractivity (Wildman–Crippen MR) is 103 cm³/mol. The smallest absolute Gasteiger partial charge is 0.257 e. The average molecular weight is 412 g/mol. The highest BCUT2D eigenvalue weighted by molar-refractivity contribution is 9.10. The van der Waals surface area contributed by atoms with Gasteiger partial charge in [-0.05, 0) is 43.3 Å². The molecule has 6 heteroatoms. The van der Waals surface area contributed by atoms with Crippen LogP contribution in [0.5, 0.6) is 5.75 Å². The van der Waals surface area contributed by atoms with Gasteiger partial charge in [-0.2, -0.15) is 5.10 Å². The molecule has 0 N–H and O–H groups in total. The molecule has 4 rings (SSSR count). The molecule has 0 aliphatic carbocycles. The Morgan fingerprint density at radius 2 is 1.81 bits per heavy atom. The number of benzene rings is 2. The zero-order chi connectivity index (χ0) is 18.1. The van der Waals surface area contributed by atoms with E-state index in [0.29, 0.717) is 18.7 Å². The van der Waals surface area contributed by atoms with E-state index >= 15 is 0 Å². The summed E-state index contributed by atoms with van der Waals surface area (Å²) >= 11 is 3.43. The second kappa shape index (κ2) is 6.96. The number of likely N-dealkylation sites (tertiary alicyclic amines) is 1. The summed E-state index contributed by atoms with van der Waals surface area (Å²) < 4.78 is 8.66. The van der Waals surface area contributed by atoms with Gasteiger partial charge in [-0.15, -0.1) is 0 Å². The first-order valence-electron chi connectivity index (χ1n) is 8.43. The molecular formula is C20H18BrN3O2. The number of hydrogen-bond donors (Lipinski definition) is 0. The summed E-state index contributed by atoms with van der Waals surface area (Å²) in [5, 5.41) is 4.39. The molecule has 2 aromatic carbocycles. The summed E-state index contributed by atoms with van der Waals surface area (Å²) in [6.07, 6.45) is 1.69. The van der Waals surface area contributed by atoms with E-state index < -0.39 is 0 Å². The van der Waals surface area contributed by atoms with Crippen molar-refractivity contribution in [1.82, 2.24) is 14.7 Å². The van der Waals surface area contributed by atoms with Crippen LogP contribution in [0.3, 0.4) is 0 Å². The SMILES string of the molecule is Cc1c(C(=O)N2CC(Oc3ccccc3)C2)cnn1-c1ccc(Br)cc1. The maximum absolute atomic E-state index is 12.8. The maximum Gasteiger partial charge on any atom is 0.257 e. The first-order valence-corrected chi connectivity index (χ1v) is 9.22. The molecule has 0 saturated carbocycles. The Hall–Kier alpha value is -2.60. The third kappa shape index (κ3) is 3.24. The Morgan fingerprint density at radius 1 is 1.12 bits per heavy atom. The van der Waals surface area contributed by atoms with Gasteiger partial charge in [0.2, 0.25) is 0 Å². The Balaban J connectivity index is 1.43. The highest BCUT2D eigenvalue weighted by Gasteiger charge is 2.34. The molecule has 1 saturated heterocycles. The van der Waals surface area contributed by atoms with Crippen LogP contribution in [-0.2, 0) is 0 Å². The molecule has 1 fully saturated rings. The van der Waals surface area contributed by atoms with E-state index in [1.165, 1.54) is 0 Å². The normalized spacial score (nSPS) is 14.2. The van der Waals surface area contributed by atoms with Gasteiger partial charge in [-0.25, -0.2) is 4.68 Å². The van der Waals surface area contributed by atoms with Crippen LogP contribution in [0.15, 0.2) is 65.3 Å². The van der Waals surface area contributed by atoms with E-state index in [-0.39, 0.29) is 12.0 Å². The molecule has 1 aromatic heterocycles. The minimum Gasteiger partial charge on any atom is -0.487 e. The van der Waals surface area contributed by atoms with Crippen molar-refractivity contribution in [1.29, 1.82) is 0 Å². The van der Waals surface area contributed by atoms with Gasteiger partial charge in [0, 0.05) is 4.47 Å². The van der Waals surface area contributed by atoms with Crippen molar-refractivity contribution in [2.45, 2.75) is 13.0 Å². The molecule has 0 unspecified atom stereocenters. The monoisotopic (exact) mass is 411 g/mol. The molecule has 1 amide bonds. The number of nitrogens with zero attached hydrogens (tertiary/aromatic N) is 3. The number of amides is 1. The lowest BCUT2D eigenvalue weighted by Gasteiger charge is -2.38. The first-order chi connectivity index (χ1) is 12.6. The number of halogens is 1. The van der Waals surface area contributed by atoms with Crippen molar-refractivity contribution < 1.29 is 9.53 Å². The standard InChI is InChI=1S/C20H18BrN3O2/c1-14-19(11-22-24(14)16-9-7-15(21)8-10-16)20(25)23-12-18(13-23)26-17-5-3-2-4-6-17/h2-11,18H,12-13H2,1H3. The third-order valence-electron chi connectivity index (χ3n) is 4.49. The van der Waals surface area contributed by atoms with Crippen LogP contribution < -0.4 is 4.74 Å². The van der Waals surface area contributed by atoms with Gasteiger partial charge < -0.3 is 9.64 Å². The van der Waals surface area contributed by atoms with Crippen LogP contribution in [-0.4, -0.2) is 39.8 Å². The Kier molecular flexibility index (Phi) is 4.51. The molecule has 0 radical (unpaired) electrons. The largest absolute Gasteiger partial charge is 0.487 e. The molecule has 1 aliphatic rings. The zero-order valence-corrected chi connectivity index (χ0v) is 15.9. The summed E-state index contributed by atoms with van der Waals surface area (Å²) in [5.74, 6) is 0.836. The molecule has 5 nitrogen and oxygen atoms in total. The first kappa shape index (κ1) is 16.8. The van der Waals surface area contributed by atoms with Crippen molar-refractivity contribution in [3.8, 4) is 11.4 Å². The Labute approximate surface area is 160 Å². The van der Waals surface area contributed by atoms with Crippen molar-refractivity contribution in [2.24, 2.45) is 0 Å². The highest BCUT2D eigenvalue weighted by atomic mass is 79.9. The number of ether oxygens (including phenoxy) is 1. The summed E-state index contributed by atoms with van der Waals surface area (Å²) in [4.78, 5) is 14.5. The van der Waals surface area contributed by atoms with Gasteiger partial charge in [-0.3, -0.25) is 4.79 Å². The van der Waals surface area contributed by atoms with Crippen molar-refractivity contribution in [2.75, 3.05) is 13.1 Å². The van der Waals surface area contributed by atoms with Gasteiger partial charge in [0.1, 0.15) is 11.9 Å². The van der Waals surface area contributed by atoms with E-state index in [2.05, 4.69) is 21.0 Å². The van der Waals surface area contributed by atoms with E-state index in [4.69, 9.17) is 4.74 Å². The third-order valence-corrected chi connectivity index (χ3v) is 5.02. The van der Waals surface area contributed by atoms with Gasteiger partial charge in [0.05, 0.1) is 36.2 Å². The number of aromatic nitrogens is 2. The number of carbonyl (C=O) groups is 1. The molecule has 0 spiro atoms. The zero-order valence-electron chi connectivity index (χ0n) is 14.3. The van der Waals surface area contributed by atoms with Crippen LogP contribution in [0.4, 0.5) is 0 Å². The van der Waals surface area contributed by atoms with Crippen molar-refractivity contribution in [3.63, 3.8) is 0 Å². The van der Waals surface area contributed by atoms with Crippen LogP contribution in [0, 0.1) is 6.92 Å². The van der Waals surface area contributed by atoms with Crippen LogP contribution >= 0.6 is 15.9 Å². The van der Waals surface area contributed by atoms with Gasteiger partial charge in [0.25, 0.3) is 5.91 Å². The lowest BCUT2D eigenvalue weighted by atomic mass is 10.1. The van der Waals surface area contributed by atoms with E-state index in [0.717, 1.165) is 21.6 Å². The van der Waals surface area contributed by atoms with E-state index in [1.807, 2.05) is 61.5 Å². The lowest BCUT2D eigenvalue weighted by molar-refractivity contribution is 0.0177. The fourth-order valence-corrected chi connectivity index (χ4v) is 3.27. The van der Waals surface area contributed by atoms with Gasteiger partial charge >= 0.3 is 0 Å². The summed E-state index contributed by atoms with van der Waals surface area (Å²) in [6, 6.07) is 17.5. The lowest BCUT2D eigenvalue weighted by Crippen LogP contribution is -2.56. The van der Waals surface area contributed by atoms with Gasteiger partial charge in [-0.1, -0.05) is 34.1 Å². The second-order valence-corrected chi connectivity index (χ2v) is 7.21. The molecule has 2 heterocycles. The summed E-state index contributed by atoms with van der Waals surface area (Å²) in [6.45, 7) is 3.10. The van der Waals surface area contributed by atoms with Crippen LogP contribution in [0.1, 0.15) is 16.1 Å². The fourth-order valence-electron chi connectivity index (χ4n) is 3.00. The topological polar surface area (TPSA) is 47.4 Å². The van der Waals surface area contributed by atoms with Gasteiger partial charge in [0.15, 0.2) is 0 Å². The maximum atomic E-state index is 12.8. The van der Waals surface area contributed by atoms with Crippen LogP contribution in [0.2, 0.25) is 0 Å². The minimum absolute atomic E-state index is 0.00114. The van der Waals surface area contributed by atoms with E-state index in [9.17, 15) is 4.79 Å². The molecule has 0 atom stereocenters. The molecule has 0 bridgehead atoms. The fraction of sp³-hybridized carbons (Fsp3) is 0.200. The molecule has 26 heavy (non-hydrogen) atoms. The highest BCUT2D eigenvalue weighted by Crippen LogP contribution is 2.22. The summed E-state index contributed by atoms with van der Waals surface area (Å²) in [5.41, 5.74) is 2.40. The number of rotatable bonds is 4. The molecule has 132 valence electrons. The number of hydrogen-bond acceptors (Lipinski definition) is 3. The Morgan fingerprint density at radius 3 is 2.50 bits per heavy atom. The number of para-hydroxylation sites is 1. The molecular weight excluding hydrogens is 394 g/mol.